The number of aliphatic hydroxyl groups is 1. The molecule has 1 saturated carbocycles. The zero-order valence-electron chi connectivity index (χ0n) is 23.5. The molecule has 1 fully saturated rings. The van der Waals surface area contributed by atoms with Gasteiger partial charge in [-0.2, -0.15) is 0 Å². The summed E-state index contributed by atoms with van der Waals surface area (Å²) in [7, 11) is 1.48. The van der Waals surface area contributed by atoms with Crippen LogP contribution in [0.3, 0.4) is 0 Å². The fraction of sp³-hybridized carbons (Fsp3) is 0.290. The van der Waals surface area contributed by atoms with E-state index in [2.05, 4.69) is 31.2 Å². The third-order valence-corrected chi connectivity index (χ3v) is 9.04. The first-order chi connectivity index (χ1) is 20.9. The molecule has 4 aromatic rings. The van der Waals surface area contributed by atoms with E-state index in [0.29, 0.717) is 35.1 Å². The summed E-state index contributed by atoms with van der Waals surface area (Å²) < 4.78 is 40.4. The van der Waals surface area contributed by atoms with Crippen molar-refractivity contribution in [2.45, 2.75) is 30.8 Å². The minimum absolute atomic E-state index is 0.00241. The summed E-state index contributed by atoms with van der Waals surface area (Å²) >= 11 is 9.72. The average Bonchev–Trinajstić information content (AvgIpc) is 3.80. The first kappa shape index (κ1) is 30.2. The number of carbonyl (C=O) groups is 2. The molecule has 6 rings (SSSR count). The molecule has 1 aliphatic carbocycles. The highest BCUT2D eigenvalue weighted by atomic mass is 79.9. The number of hydrogen-bond acceptors (Lipinski definition) is 7. The average molecular weight is 688 g/mol. The Kier molecular flexibility index (Phi) is 7.50. The van der Waals surface area contributed by atoms with Gasteiger partial charge in [0.25, 0.3) is 5.91 Å². The number of nitrogens with one attached hydrogen (secondary N) is 1. The van der Waals surface area contributed by atoms with Crippen molar-refractivity contribution < 1.29 is 33.0 Å². The number of fused-ring (bicyclic) bond motifs is 2. The molecular formula is C31H26BrClF2N4O5. The van der Waals surface area contributed by atoms with E-state index in [-0.39, 0.29) is 52.4 Å². The highest BCUT2D eigenvalue weighted by Crippen LogP contribution is 2.50. The van der Waals surface area contributed by atoms with E-state index >= 15 is 0 Å². The van der Waals surface area contributed by atoms with Crippen molar-refractivity contribution in [1.29, 1.82) is 0 Å². The van der Waals surface area contributed by atoms with Crippen LogP contribution in [0.1, 0.15) is 41.4 Å². The third-order valence-electron chi connectivity index (χ3n) is 8.29. The van der Waals surface area contributed by atoms with Crippen LogP contribution in [0, 0.1) is 17.6 Å². The number of nitrogens with two attached hydrogens (primary N) is 1. The minimum Gasteiger partial charge on any atom is -0.494 e. The van der Waals surface area contributed by atoms with E-state index in [1.165, 1.54) is 13.2 Å². The smallest absolute Gasteiger partial charge is 0.251 e. The van der Waals surface area contributed by atoms with Crippen LogP contribution in [0.2, 0.25) is 5.02 Å². The van der Waals surface area contributed by atoms with E-state index in [0.717, 1.165) is 16.6 Å². The molecule has 9 nitrogen and oxygen atoms in total. The quantitative estimate of drug-likeness (QED) is 0.218. The molecule has 1 aliphatic heterocycles. The lowest BCUT2D eigenvalue weighted by Crippen LogP contribution is -2.44. The van der Waals surface area contributed by atoms with Crippen LogP contribution in [0.15, 0.2) is 47.1 Å². The summed E-state index contributed by atoms with van der Waals surface area (Å²) in [5, 5.41) is 15.5. The van der Waals surface area contributed by atoms with Gasteiger partial charge in [-0.1, -0.05) is 11.6 Å². The lowest BCUT2D eigenvalue weighted by Gasteiger charge is -2.30. The van der Waals surface area contributed by atoms with Crippen molar-refractivity contribution in [3.63, 3.8) is 0 Å². The van der Waals surface area contributed by atoms with Gasteiger partial charge in [-0.25, -0.2) is 13.8 Å². The molecule has 44 heavy (non-hydrogen) atoms. The molecule has 2 aliphatic rings. The van der Waals surface area contributed by atoms with Crippen molar-refractivity contribution in [2.75, 3.05) is 20.3 Å². The maximum absolute atomic E-state index is 14.4. The van der Waals surface area contributed by atoms with Crippen molar-refractivity contribution >= 4 is 50.2 Å². The molecule has 0 radical (unpaired) electrons. The van der Waals surface area contributed by atoms with Crippen molar-refractivity contribution in [1.82, 2.24) is 15.3 Å². The monoisotopic (exact) mass is 686 g/mol. The van der Waals surface area contributed by atoms with Gasteiger partial charge in [-0.3, -0.25) is 14.6 Å². The van der Waals surface area contributed by atoms with Gasteiger partial charge in [-0.15, -0.1) is 0 Å². The standard InChI is InChI=1S/C31H26BrClF2N4O5/c1-30(29(36)41)13-44-27-19(30)9-24(39-26(27)18-8-21(34)22(35)10-20(18)33)31(42,16-3-4-16)12-38-28(40)15-5-14-6-17(32)11-37-25(14)23(7-15)43-2/h5-11,16,42H,3-4,12-13H2,1-2H3,(H2,36,41)(H,38,40)/t30-,31+/m0/s1. The van der Waals surface area contributed by atoms with E-state index in [9.17, 15) is 23.5 Å². The number of ether oxygens (including phenoxy) is 2. The fourth-order valence-electron chi connectivity index (χ4n) is 5.49. The number of aromatic nitrogens is 2. The Morgan fingerprint density at radius 2 is 1.95 bits per heavy atom. The van der Waals surface area contributed by atoms with E-state index in [1.807, 2.05) is 0 Å². The summed E-state index contributed by atoms with van der Waals surface area (Å²) in [6.45, 7) is 1.20. The topological polar surface area (TPSA) is 137 Å². The Hall–Kier alpha value is -3.87. The number of primary amides is 1. The summed E-state index contributed by atoms with van der Waals surface area (Å²) in [6, 6.07) is 8.24. The molecule has 4 N–H and O–H groups in total. The number of halogens is 4. The molecule has 3 heterocycles. The van der Waals surface area contributed by atoms with Crippen LogP contribution in [-0.2, 0) is 15.8 Å². The molecule has 2 aromatic carbocycles. The number of pyridine rings is 2. The summed E-state index contributed by atoms with van der Waals surface area (Å²) in [5.74, 6) is -3.27. The zero-order chi connectivity index (χ0) is 31.6. The zero-order valence-corrected chi connectivity index (χ0v) is 25.9. The third kappa shape index (κ3) is 5.04. The van der Waals surface area contributed by atoms with Gasteiger partial charge in [0.15, 0.2) is 11.6 Å². The molecule has 0 bridgehead atoms. The van der Waals surface area contributed by atoms with Gasteiger partial charge < -0.3 is 25.6 Å². The highest BCUT2D eigenvalue weighted by Gasteiger charge is 2.50. The number of methoxy groups -OCH3 is 1. The van der Waals surface area contributed by atoms with Gasteiger partial charge >= 0.3 is 0 Å². The second-order valence-electron chi connectivity index (χ2n) is 11.2. The predicted molar refractivity (Wildman–Crippen MR) is 162 cm³/mol. The van der Waals surface area contributed by atoms with E-state index < -0.39 is 34.5 Å². The molecule has 228 valence electrons. The number of amides is 2. The molecule has 0 saturated heterocycles. The molecule has 0 spiro atoms. The van der Waals surface area contributed by atoms with Crippen LogP contribution in [0.25, 0.3) is 22.2 Å². The van der Waals surface area contributed by atoms with Crippen molar-refractivity contribution in [3.8, 4) is 22.8 Å². The molecular weight excluding hydrogens is 662 g/mol. The normalized spacial score (nSPS) is 18.8. The van der Waals surface area contributed by atoms with Gasteiger partial charge in [-0.05, 0) is 78.0 Å². The van der Waals surface area contributed by atoms with E-state index in [4.69, 9.17) is 26.8 Å². The number of benzene rings is 2. The minimum atomic E-state index is -1.71. The molecule has 2 amide bonds. The number of nitrogens with zero attached hydrogens (tertiary/aromatic N) is 2. The predicted octanol–water partition coefficient (Wildman–Crippen LogP) is 5.16. The van der Waals surface area contributed by atoms with E-state index in [1.54, 1.807) is 31.3 Å². The first-order valence-electron chi connectivity index (χ1n) is 13.6. The lowest BCUT2D eigenvalue weighted by molar-refractivity contribution is -0.123. The Morgan fingerprint density at radius 3 is 2.64 bits per heavy atom. The second-order valence-corrected chi connectivity index (χ2v) is 12.6. The summed E-state index contributed by atoms with van der Waals surface area (Å²) in [5.41, 5.74) is 4.01. The second kappa shape index (κ2) is 10.9. The van der Waals surface area contributed by atoms with Gasteiger partial charge in [0.1, 0.15) is 40.3 Å². The van der Waals surface area contributed by atoms with Crippen LogP contribution < -0.4 is 20.5 Å². The molecule has 2 aromatic heterocycles. The Balaban J connectivity index is 1.42. The van der Waals surface area contributed by atoms with Gasteiger partial charge in [0.2, 0.25) is 5.91 Å². The number of carbonyl (C=O) groups excluding carboxylic acids is 2. The van der Waals surface area contributed by atoms with Crippen LogP contribution >= 0.6 is 27.5 Å². The van der Waals surface area contributed by atoms with Crippen LogP contribution in [-0.4, -0.2) is 47.2 Å². The summed E-state index contributed by atoms with van der Waals surface area (Å²) in [4.78, 5) is 35.0. The van der Waals surface area contributed by atoms with Gasteiger partial charge in [0, 0.05) is 32.7 Å². The maximum Gasteiger partial charge on any atom is 0.251 e. The number of rotatable bonds is 8. The maximum atomic E-state index is 14.4. The molecule has 2 atom stereocenters. The SMILES string of the molecule is COc1cc(C(=O)NC[C@](O)(c2cc3c(c(-c4cc(F)c(F)cc4Cl)n2)OC[C@]3(C)C(N)=O)C2CC2)cc2cc(Br)cnc12. The van der Waals surface area contributed by atoms with Crippen molar-refractivity contribution in [3.05, 3.63) is 80.5 Å². The first-order valence-corrected chi connectivity index (χ1v) is 14.8. The van der Waals surface area contributed by atoms with Gasteiger partial charge in [0.05, 0.1) is 24.4 Å². The molecule has 0 unspecified atom stereocenters. The molecule has 13 heteroatoms. The fourth-order valence-corrected chi connectivity index (χ4v) is 6.08. The van der Waals surface area contributed by atoms with Crippen molar-refractivity contribution in [2.24, 2.45) is 11.7 Å². The van der Waals surface area contributed by atoms with Crippen LogP contribution in [0.4, 0.5) is 8.78 Å². The Bertz CT molecular complexity index is 1870. The van der Waals surface area contributed by atoms with Crippen LogP contribution in [0.5, 0.6) is 11.5 Å². The Morgan fingerprint density at radius 1 is 1.23 bits per heavy atom. The highest BCUT2D eigenvalue weighted by molar-refractivity contribution is 9.10. The lowest BCUT2D eigenvalue weighted by atomic mass is 9.81. The Labute approximate surface area is 263 Å². The summed E-state index contributed by atoms with van der Waals surface area (Å²) in [6.07, 6.45) is 2.90. The largest absolute Gasteiger partial charge is 0.494 e. The number of hydrogen-bond donors (Lipinski definition) is 3.